The molecule has 0 aliphatic carbocycles. The van der Waals surface area contributed by atoms with E-state index in [2.05, 4.69) is 10.4 Å². The van der Waals surface area contributed by atoms with Crippen molar-refractivity contribution < 1.29 is 23.9 Å². The third kappa shape index (κ3) is 5.02. The number of nitrogens with zero attached hydrogens (tertiary/aromatic N) is 3. The van der Waals surface area contributed by atoms with Crippen molar-refractivity contribution in [1.82, 2.24) is 14.7 Å². The highest BCUT2D eigenvalue weighted by Gasteiger charge is 2.38. The highest BCUT2D eigenvalue weighted by molar-refractivity contribution is 5.96. The van der Waals surface area contributed by atoms with E-state index < -0.39 is 35.7 Å². The summed E-state index contributed by atoms with van der Waals surface area (Å²) in [5, 5.41) is 7.00. The van der Waals surface area contributed by atoms with Crippen molar-refractivity contribution in [3.8, 4) is 0 Å². The fraction of sp³-hybridized carbons (Fsp3) is 0.684. The molecule has 0 bridgehead atoms. The SMILES string of the molecule is Cc1nn(C)c(C)c1NC(=O)[C@@H](C)OC(=O)[C@@H]1CCCN1C(=O)OC(C)(C)C. The topological polar surface area (TPSA) is 103 Å². The van der Waals surface area contributed by atoms with Gasteiger partial charge in [-0.15, -0.1) is 0 Å². The van der Waals surface area contributed by atoms with Crippen LogP contribution in [0, 0.1) is 13.8 Å². The predicted octanol–water partition coefficient (Wildman–Crippen LogP) is 2.31. The molecule has 1 aromatic heterocycles. The van der Waals surface area contributed by atoms with E-state index in [1.165, 1.54) is 11.8 Å². The van der Waals surface area contributed by atoms with E-state index in [1.54, 1.807) is 39.4 Å². The minimum Gasteiger partial charge on any atom is -0.451 e. The Morgan fingerprint density at radius 1 is 1.25 bits per heavy atom. The number of rotatable bonds is 4. The molecule has 1 saturated heterocycles. The number of carbonyl (C=O) groups excluding carboxylic acids is 3. The fourth-order valence-electron chi connectivity index (χ4n) is 3.04. The smallest absolute Gasteiger partial charge is 0.411 e. The normalized spacial score (nSPS) is 18.0. The van der Waals surface area contributed by atoms with Gasteiger partial charge in [0.1, 0.15) is 11.6 Å². The molecule has 156 valence electrons. The number of anilines is 1. The number of likely N-dealkylation sites (tertiary alicyclic amines) is 1. The minimum atomic E-state index is -1.01. The van der Waals surface area contributed by atoms with Crippen molar-refractivity contribution in [2.45, 2.75) is 72.1 Å². The summed E-state index contributed by atoms with van der Waals surface area (Å²) in [6, 6.07) is -0.744. The maximum absolute atomic E-state index is 12.6. The molecule has 1 fully saturated rings. The largest absolute Gasteiger partial charge is 0.451 e. The fourth-order valence-corrected chi connectivity index (χ4v) is 3.04. The average Bonchev–Trinajstić information content (AvgIpc) is 3.14. The van der Waals surface area contributed by atoms with Crippen LogP contribution in [0.1, 0.15) is 51.9 Å². The van der Waals surface area contributed by atoms with Gasteiger partial charge in [-0.3, -0.25) is 14.4 Å². The molecule has 0 radical (unpaired) electrons. The van der Waals surface area contributed by atoms with Crippen LogP contribution in [0.2, 0.25) is 0 Å². The lowest BCUT2D eigenvalue weighted by Crippen LogP contribution is -2.45. The van der Waals surface area contributed by atoms with E-state index in [-0.39, 0.29) is 0 Å². The standard InChI is InChI=1S/C19H30N4O5/c1-11-15(12(2)22(7)21-11)20-16(24)13(3)27-17(25)14-9-8-10-23(14)18(26)28-19(4,5)6/h13-14H,8-10H2,1-7H3,(H,20,24)/t13-,14+/m1/s1. The zero-order valence-electron chi connectivity index (χ0n) is 17.7. The lowest BCUT2D eigenvalue weighted by atomic mass is 10.2. The van der Waals surface area contributed by atoms with Gasteiger partial charge < -0.3 is 14.8 Å². The van der Waals surface area contributed by atoms with Crippen molar-refractivity contribution in [2.24, 2.45) is 7.05 Å². The highest BCUT2D eigenvalue weighted by Crippen LogP contribution is 2.23. The molecule has 0 aromatic carbocycles. The van der Waals surface area contributed by atoms with Gasteiger partial charge in [0.2, 0.25) is 0 Å². The van der Waals surface area contributed by atoms with E-state index in [9.17, 15) is 14.4 Å². The Kier molecular flexibility index (Phi) is 6.36. The molecule has 1 aliphatic rings. The van der Waals surface area contributed by atoms with Crippen LogP contribution in [0.3, 0.4) is 0 Å². The van der Waals surface area contributed by atoms with E-state index in [0.29, 0.717) is 30.8 Å². The van der Waals surface area contributed by atoms with Crippen LogP contribution < -0.4 is 5.32 Å². The molecule has 2 heterocycles. The van der Waals surface area contributed by atoms with Crippen LogP contribution in [0.4, 0.5) is 10.5 Å². The van der Waals surface area contributed by atoms with Crippen LogP contribution >= 0.6 is 0 Å². The van der Waals surface area contributed by atoms with Crippen molar-refractivity contribution in [2.75, 3.05) is 11.9 Å². The van der Waals surface area contributed by atoms with Gasteiger partial charge in [0.25, 0.3) is 5.91 Å². The highest BCUT2D eigenvalue weighted by atomic mass is 16.6. The molecule has 2 atom stereocenters. The first-order valence-corrected chi connectivity index (χ1v) is 9.42. The van der Waals surface area contributed by atoms with Crippen molar-refractivity contribution >= 4 is 23.7 Å². The average molecular weight is 394 g/mol. The lowest BCUT2D eigenvalue weighted by Gasteiger charge is -2.28. The summed E-state index contributed by atoms with van der Waals surface area (Å²) in [6.45, 7) is 10.8. The monoisotopic (exact) mass is 394 g/mol. The van der Waals surface area contributed by atoms with Gasteiger partial charge in [0, 0.05) is 13.6 Å². The summed E-state index contributed by atoms with van der Waals surface area (Å²) in [6.07, 6.45) is -0.404. The zero-order valence-corrected chi connectivity index (χ0v) is 17.7. The summed E-state index contributed by atoms with van der Waals surface area (Å²) in [5.74, 6) is -1.06. The van der Waals surface area contributed by atoms with Crippen LogP contribution in [0.5, 0.6) is 0 Å². The summed E-state index contributed by atoms with van der Waals surface area (Å²) in [7, 11) is 1.78. The maximum Gasteiger partial charge on any atom is 0.411 e. The number of amides is 2. The summed E-state index contributed by atoms with van der Waals surface area (Å²) in [5.41, 5.74) is 1.43. The van der Waals surface area contributed by atoms with Crippen LogP contribution in [0.15, 0.2) is 0 Å². The van der Waals surface area contributed by atoms with Crippen LogP contribution in [-0.4, -0.2) is 56.9 Å². The first kappa shape index (κ1) is 21.7. The molecule has 9 heteroatoms. The molecule has 2 rings (SSSR count). The third-order valence-electron chi connectivity index (χ3n) is 4.57. The quantitative estimate of drug-likeness (QED) is 0.786. The van der Waals surface area contributed by atoms with E-state index in [0.717, 1.165) is 5.69 Å². The first-order valence-electron chi connectivity index (χ1n) is 9.42. The van der Waals surface area contributed by atoms with E-state index in [1.807, 2.05) is 6.92 Å². The van der Waals surface area contributed by atoms with Gasteiger partial charge in [-0.2, -0.15) is 5.10 Å². The molecule has 0 saturated carbocycles. The number of aryl methyl sites for hydroxylation is 2. The molecular formula is C19H30N4O5. The molecule has 0 unspecified atom stereocenters. The second kappa shape index (κ2) is 8.20. The summed E-state index contributed by atoms with van der Waals surface area (Å²) in [4.78, 5) is 38.7. The van der Waals surface area contributed by atoms with E-state index in [4.69, 9.17) is 9.47 Å². The van der Waals surface area contributed by atoms with Gasteiger partial charge in [-0.1, -0.05) is 0 Å². The number of hydrogen-bond acceptors (Lipinski definition) is 6. The molecule has 1 N–H and O–H groups in total. The second-order valence-electron chi connectivity index (χ2n) is 8.07. The van der Waals surface area contributed by atoms with Crippen molar-refractivity contribution in [3.63, 3.8) is 0 Å². The summed E-state index contributed by atoms with van der Waals surface area (Å²) >= 11 is 0. The lowest BCUT2D eigenvalue weighted by molar-refractivity contribution is -0.157. The van der Waals surface area contributed by atoms with E-state index >= 15 is 0 Å². The maximum atomic E-state index is 12.6. The molecule has 0 spiro atoms. The molecular weight excluding hydrogens is 364 g/mol. The minimum absolute atomic E-state index is 0.420. The zero-order chi connectivity index (χ0) is 21.2. The number of carbonyl (C=O) groups is 3. The van der Waals surface area contributed by atoms with Crippen LogP contribution in [-0.2, 0) is 26.1 Å². The van der Waals surface area contributed by atoms with Crippen LogP contribution in [0.25, 0.3) is 0 Å². The predicted molar refractivity (Wildman–Crippen MR) is 103 cm³/mol. The first-order chi connectivity index (χ1) is 12.9. The molecule has 28 heavy (non-hydrogen) atoms. The van der Waals surface area contributed by atoms with Gasteiger partial charge in [0.15, 0.2) is 6.10 Å². The molecule has 1 aromatic rings. The van der Waals surface area contributed by atoms with Gasteiger partial charge in [0.05, 0.1) is 17.1 Å². The Morgan fingerprint density at radius 3 is 2.43 bits per heavy atom. The Balaban J connectivity index is 1.98. The Bertz CT molecular complexity index is 765. The number of ether oxygens (including phenoxy) is 2. The van der Waals surface area contributed by atoms with Crippen molar-refractivity contribution in [1.29, 1.82) is 0 Å². The van der Waals surface area contributed by atoms with Gasteiger partial charge >= 0.3 is 12.1 Å². The number of nitrogens with one attached hydrogen (secondary N) is 1. The Morgan fingerprint density at radius 2 is 1.89 bits per heavy atom. The third-order valence-corrected chi connectivity index (χ3v) is 4.57. The molecule has 9 nitrogen and oxygen atoms in total. The van der Waals surface area contributed by atoms with Crippen molar-refractivity contribution in [3.05, 3.63) is 11.4 Å². The number of aromatic nitrogens is 2. The molecule has 1 aliphatic heterocycles. The second-order valence-corrected chi connectivity index (χ2v) is 8.07. The molecule has 2 amide bonds. The number of esters is 1. The van der Waals surface area contributed by atoms with Gasteiger partial charge in [-0.05, 0) is 54.4 Å². The number of hydrogen-bond donors (Lipinski definition) is 1. The van der Waals surface area contributed by atoms with Gasteiger partial charge in [-0.25, -0.2) is 9.59 Å². The Hall–Kier alpha value is -2.58. The Labute approximate surface area is 165 Å². The summed E-state index contributed by atoms with van der Waals surface area (Å²) < 4.78 is 12.4.